The summed E-state index contributed by atoms with van der Waals surface area (Å²) >= 11 is 3.59. The van der Waals surface area contributed by atoms with Gasteiger partial charge in [-0.15, -0.1) is 0 Å². The topological polar surface area (TPSA) is 29.3 Å². The van der Waals surface area contributed by atoms with E-state index in [4.69, 9.17) is 5.73 Å². The summed E-state index contributed by atoms with van der Waals surface area (Å²) in [6.45, 7) is 7.59. The molecule has 0 bridgehead atoms. The van der Waals surface area contributed by atoms with Gasteiger partial charge in [0.2, 0.25) is 0 Å². The lowest BCUT2D eigenvalue weighted by Gasteiger charge is -2.21. The third kappa shape index (κ3) is 4.32. The lowest BCUT2D eigenvalue weighted by atomic mass is 10.1. The number of anilines is 1. The summed E-state index contributed by atoms with van der Waals surface area (Å²) in [5, 5.41) is 0. The van der Waals surface area contributed by atoms with Crippen LogP contribution in [-0.4, -0.2) is 13.6 Å². The molecule has 0 aliphatic heterocycles. The molecule has 0 unspecified atom stereocenters. The van der Waals surface area contributed by atoms with Crippen LogP contribution in [0.1, 0.15) is 38.8 Å². The van der Waals surface area contributed by atoms with Gasteiger partial charge in [0.25, 0.3) is 0 Å². The van der Waals surface area contributed by atoms with E-state index in [1.165, 1.54) is 12.1 Å². The van der Waals surface area contributed by atoms with Gasteiger partial charge in [0, 0.05) is 29.8 Å². The van der Waals surface area contributed by atoms with Crippen molar-refractivity contribution in [1.82, 2.24) is 0 Å². The Hall–Kier alpha value is -0.540. The highest BCUT2D eigenvalue weighted by Gasteiger charge is 2.08. The molecule has 0 radical (unpaired) electrons. The van der Waals surface area contributed by atoms with Crippen molar-refractivity contribution in [1.29, 1.82) is 0 Å². The fourth-order valence-electron chi connectivity index (χ4n) is 1.70. The molecule has 0 amide bonds. The van der Waals surface area contributed by atoms with Crippen molar-refractivity contribution in [2.75, 3.05) is 18.5 Å². The zero-order valence-corrected chi connectivity index (χ0v) is 12.8. The van der Waals surface area contributed by atoms with E-state index in [0.717, 1.165) is 22.5 Å². The number of nitrogens with two attached hydrogens (primary N) is 1. The first-order valence-corrected chi connectivity index (χ1v) is 6.97. The maximum Gasteiger partial charge on any atom is 0.0375 e. The zero-order chi connectivity index (χ0) is 13.0. The van der Waals surface area contributed by atoms with Crippen molar-refractivity contribution in [3.05, 3.63) is 28.2 Å². The molecule has 0 aliphatic rings. The third-order valence-corrected chi connectivity index (χ3v) is 3.64. The summed E-state index contributed by atoms with van der Waals surface area (Å²) in [7, 11) is 2.13. The van der Waals surface area contributed by atoms with Crippen molar-refractivity contribution >= 4 is 21.6 Å². The monoisotopic (exact) mass is 298 g/mol. The van der Waals surface area contributed by atoms with Gasteiger partial charge >= 0.3 is 0 Å². The first-order valence-electron chi connectivity index (χ1n) is 6.18. The average Bonchev–Trinajstić information content (AvgIpc) is 2.25. The van der Waals surface area contributed by atoms with E-state index < -0.39 is 0 Å². The standard InChI is InChI=1S/C14H23BrN2/c1-10(2)7-8-17(4)12-5-6-13(11(3)16)14(15)9-12/h5-6,9-11H,7-8,16H2,1-4H3/t11-/m0/s1. The van der Waals surface area contributed by atoms with Crippen molar-refractivity contribution in [3.63, 3.8) is 0 Å². The van der Waals surface area contributed by atoms with Crippen LogP contribution in [0.25, 0.3) is 0 Å². The highest BCUT2D eigenvalue weighted by molar-refractivity contribution is 9.10. The lowest BCUT2D eigenvalue weighted by Crippen LogP contribution is -2.20. The van der Waals surface area contributed by atoms with Gasteiger partial charge in [-0.05, 0) is 37.0 Å². The molecule has 3 heteroatoms. The molecule has 1 atom stereocenters. The molecule has 1 aromatic rings. The molecule has 0 saturated carbocycles. The van der Waals surface area contributed by atoms with Gasteiger partial charge in [-0.2, -0.15) is 0 Å². The molecular weight excluding hydrogens is 276 g/mol. The highest BCUT2D eigenvalue weighted by Crippen LogP contribution is 2.27. The number of hydrogen-bond acceptors (Lipinski definition) is 2. The van der Waals surface area contributed by atoms with Crippen LogP contribution in [0.15, 0.2) is 22.7 Å². The van der Waals surface area contributed by atoms with Crippen LogP contribution >= 0.6 is 15.9 Å². The van der Waals surface area contributed by atoms with Crippen LogP contribution < -0.4 is 10.6 Å². The fourth-order valence-corrected chi connectivity index (χ4v) is 2.43. The third-order valence-electron chi connectivity index (χ3n) is 2.96. The maximum atomic E-state index is 5.90. The van der Waals surface area contributed by atoms with E-state index in [2.05, 4.69) is 59.9 Å². The average molecular weight is 299 g/mol. The number of rotatable bonds is 5. The van der Waals surface area contributed by atoms with Crippen LogP contribution in [-0.2, 0) is 0 Å². The molecule has 0 aliphatic carbocycles. The second-order valence-electron chi connectivity index (χ2n) is 5.10. The summed E-state index contributed by atoms with van der Waals surface area (Å²) < 4.78 is 1.10. The van der Waals surface area contributed by atoms with E-state index in [1.54, 1.807) is 0 Å². The Morgan fingerprint density at radius 1 is 1.29 bits per heavy atom. The quantitative estimate of drug-likeness (QED) is 0.892. The number of hydrogen-bond donors (Lipinski definition) is 1. The highest BCUT2D eigenvalue weighted by atomic mass is 79.9. The number of halogens is 1. The summed E-state index contributed by atoms with van der Waals surface area (Å²) in [5.74, 6) is 0.740. The smallest absolute Gasteiger partial charge is 0.0375 e. The Balaban J connectivity index is 2.75. The molecule has 17 heavy (non-hydrogen) atoms. The van der Waals surface area contributed by atoms with E-state index in [1.807, 2.05) is 6.92 Å². The summed E-state index contributed by atoms with van der Waals surface area (Å²) in [6.07, 6.45) is 1.21. The van der Waals surface area contributed by atoms with Crippen LogP contribution in [0.4, 0.5) is 5.69 Å². The van der Waals surface area contributed by atoms with Crippen molar-refractivity contribution < 1.29 is 0 Å². The Kier molecular flexibility index (Phi) is 5.47. The van der Waals surface area contributed by atoms with Gasteiger partial charge in [-0.3, -0.25) is 0 Å². The summed E-state index contributed by atoms with van der Waals surface area (Å²) in [5.41, 5.74) is 8.29. The van der Waals surface area contributed by atoms with E-state index in [9.17, 15) is 0 Å². The number of nitrogens with zero attached hydrogens (tertiary/aromatic N) is 1. The summed E-state index contributed by atoms with van der Waals surface area (Å²) in [4.78, 5) is 2.29. The molecule has 1 aromatic carbocycles. The van der Waals surface area contributed by atoms with Gasteiger partial charge in [0.1, 0.15) is 0 Å². The minimum atomic E-state index is 0.0689. The van der Waals surface area contributed by atoms with Gasteiger partial charge in [0.15, 0.2) is 0 Å². The first-order chi connectivity index (χ1) is 7.91. The van der Waals surface area contributed by atoms with Gasteiger partial charge < -0.3 is 10.6 Å². The van der Waals surface area contributed by atoms with Crippen molar-refractivity contribution in [2.24, 2.45) is 11.7 Å². The molecular formula is C14H23BrN2. The predicted octanol–water partition coefficient (Wildman–Crippen LogP) is 3.95. The van der Waals surface area contributed by atoms with E-state index >= 15 is 0 Å². The molecule has 0 heterocycles. The minimum absolute atomic E-state index is 0.0689. The molecule has 1 rings (SSSR count). The van der Waals surface area contributed by atoms with Crippen molar-refractivity contribution in [2.45, 2.75) is 33.2 Å². The Morgan fingerprint density at radius 2 is 1.94 bits per heavy atom. The van der Waals surface area contributed by atoms with Crippen LogP contribution in [0.2, 0.25) is 0 Å². The van der Waals surface area contributed by atoms with Gasteiger partial charge in [-0.1, -0.05) is 35.8 Å². The van der Waals surface area contributed by atoms with Crippen LogP contribution in [0.5, 0.6) is 0 Å². The van der Waals surface area contributed by atoms with Crippen LogP contribution in [0, 0.1) is 5.92 Å². The SMILES string of the molecule is CC(C)CCN(C)c1ccc([C@H](C)N)c(Br)c1. The second kappa shape index (κ2) is 6.41. The molecule has 0 aromatic heterocycles. The zero-order valence-electron chi connectivity index (χ0n) is 11.2. The Bertz CT molecular complexity index is 361. The molecule has 0 fully saturated rings. The molecule has 0 spiro atoms. The second-order valence-corrected chi connectivity index (χ2v) is 5.95. The number of benzene rings is 1. The van der Waals surface area contributed by atoms with E-state index in [-0.39, 0.29) is 6.04 Å². The lowest BCUT2D eigenvalue weighted by molar-refractivity contribution is 0.585. The normalized spacial score (nSPS) is 12.9. The van der Waals surface area contributed by atoms with Gasteiger partial charge in [-0.25, -0.2) is 0 Å². The van der Waals surface area contributed by atoms with E-state index in [0.29, 0.717) is 0 Å². The molecule has 96 valence electrons. The minimum Gasteiger partial charge on any atom is -0.375 e. The molecule has 2 nitrogen and oxygen atoms in total. The first kappa shape index (κ1) is 14.5. The predicted molar refractivity (Wildman–Crippen MR) is 79.5 cm³/mol. The van der Waals surface area contributed by atoms with Crippen LogP contribution in [0.3, 0.4) is 0 Å². The summed E-state index contributed by atoms with van der Waals surface area (Å²) in [6, 6.07) is 6.47. The van der Waals surface area contributed by atoms with Gasteiger partial charge in [0.05, 0.1) is 0 Å². The largest absolute Gasteiger partial charge is 0.375 e. The van der Waals surface area contributed by atoms with Crippen molar-refractivity contribution in [3.8, 4) is 0 Å². The molecule has 0 saturated heterocycles. The Morgan fingerprint density at radius 3 is 2.41 bits per heavy atom. The fraction of sp³-hybridized carbons (Fsp3) is 0.571. The molecule has 2 N–H and O–H groups in total. The Labute approximate surface area is 113 Å². The maximum absolute atomic E-state index is 5.90.